The maximum atomic E-state index is 11.9. The van der Waals surface area contributed by atoms with Crippen molar-refractivity contribution in [2.45, 2.75) is 36.8 Å². The van der Waals surface area contributed by atoms with Crippen LogP contribution in [-0.2, 0) is 14.6 Å². The van der Waals surface area contributed by atoms with Crippen molar-refractivity contribution >= 4 is 39.1 Å². The molecule has 1 rings (SSSR count). The number of hydrogen-bond donors (Lipinski definition) is 1. The molecule has 0 aliphatic heterocycles. The van der Waals surface area contributed by atoms with E-state index in [9.17, 15) is 13.2 Å². The third-order valence-electron chi connectivity index (χ3n) is 3.05. The van der Waals surface area contributed by atoms with Crippen LogP contribution < -0.4 is 5.32 Å². The van der Waals surface area contributed by atoms with Crippen LogP contribution in [0.2, 0.25) is 5.02 Å². The first-order chi connectivity index (χ1) is 10.1. The molecule has 0 atom stereocenters. The summed E-state index contributed by atoms with van der Waals surface area (Å²) < 4.78 is 23.0. The summed E-state index contributed by atoms with van der Waals surface area (Å²) in [6, 6.07) is 7.46. The zero-order valence-corrected chi connectivity index (χ0v) is 15.4. The van der Waals surface area contributed by atoms with E-state index in [1.165, 1.54) is 11.8 Å². The van der Waals surface area contributed by atoms with Gasteiger partial charge in [0.1, 0.15) is 0 Å². The minimum atomic E-state index is -3.20. The standard InChI is InChI=1S/C15H22ClNO3S2/c1-15(2,3)22(19,20)11-9-17-14(18)8-10-21-13-7-5-4-6-12(13)16/h4-7H,8-11H2,1-3H3,(H,17,18). The molecule has 0 saturated carbocycles. The van der Waals surface area contributed by atoms with Gasteiger partial charge in [-0.3, -0.25) is 4.79 Å². The number of halogens is 1. The van der Waals surface area contributed by atoms with E-state index in [0.29, 0.717) is 17.2 Å². The number of carbonyl (C=O) groups excluding carboxylic acids is 1. The van der Waals surface area contributed by atoms with Crippen LogP contribution in [0.4, 0.5) is 0 Å². The molecule has 4 nitrogen and oxygen atoms in total. The van der Waals surface area contributed by atoms with E-state index >= 15 is 0 Å². The van der Waals surface area contributed by atoms with Gasteiger partial charge in [0.05, 0.1) is 15.5 Å². The molecule has 7 heteroatoms. The van der Waals surface area contributed by atoms with E-state index in [2.05, 4.69) is 5.32 Å². The van der Waals surface area contributed by atoms with Gasteiger partial charge in [0.25, 0.3) is 0 Å². The van der Waals surface area contributed by atoms with E-state index in [-0.39, 0.29) is 18.2 Å². The Morgan fingerprint density at radius 3 is 2.50 bits per heavy atom. The molecule has 0 aromatic heterocycles. The molecular formula is C15H22ClNO3S2. The van der Waals surface area contributed by atoms with Crippen molar-refractivity contribution in [3.63, 3.8) is 0 Å². The summed E-state index contributed by atoms with van der Waals surface area (Å²) in [6.45, 7) is 5.12. The largest absolute Gasteiger partial charge is 0.355 e. The van der Waals surface area contributed by atoms with Gasteiger partial charge in [-0.2, -0.15) is 0 Å². The van der Waals surface area contributed by atoms with Gasteiger partial charge in [-0.05, 0) is 32.9 Å². The average molecular weight is 364 g/mol. The zero-order chi connectivity index (χ0) is 16.8. The van der Waals surface area contributed by atoms with Crippen LogP contribution in [0.25, 0.3) is 0 Å². The van der Waals surface area contributed by atoms with Crippen LogP contribution in [0, 0.1) is 0 Å². The molecule has 0 aliphatic rings. The normalized spacial score (nSPS) is 12.2. The van der Waals surface area contributed by atoms with Crippen molar-refractivity contribution in [2.24, 2.45) is 0 Å². The van der Waals surface area contributed by atoms with Crippen molar-refractivity contribution in [3.05, 3.63) is 29.3 Å². The molecule has 0 bridgehead atoms. The fourth-order valence-electron chi connectivity index (χ4n) is 1.53. The predicted octanol–water partition coefficient (Wildman–Crippen LogP) is 3.15. The molecule has 1 amide bonds. The molecule has 22 heavy (non-hydrogen) atoms. The second-order valence-corrected chi connectivity index (χ2v) is 10.2. The summed E-state index contributed by atoms with van der Waals surface area (Å²) in [5, 5.41) is 3.32. The maximum absolute atomic E-state index is 11.9. The summed E-state index contributed by atoms with van der Waals surface area (Å²) in [6.07, 6.45) is 0.325. The summed E-state index contributed by atoms with van der Waals surface area (Å²) in [4.78, 5) is 12.6. The van der Waals surface area contributed by atoms with Gasteiger partial charge in [-0.25, -0.2) is 8.42 Å². The molecule has 1 N–H and O–H groups in total. The molecule has 0 unspecified atom stereocenters. The Kier molecular flexibility index (Phi) is 7.22. The number of carbonyl (C=O) groups is 1. The van der Waals surface area contributed by atoms with Gasteiger partial charge in [-0.1, -0.05) is 23.7 Å². The molecule has 124 valence electrons. The van der Waals surface area contributed by atoms with Gasteiger partial charge in [0.15, 0.2) is 9.84 Å². The van der Waals surface area contributed by atoms with E-state index in [1.807, 2.05) is 18.2 Å². The van der Waals surface area contributed by atoms with Crippen molar-refractivity contribution in [2.75, 3.05) is 18.1 Å². The molecular weight excluding hydrogens is 342 g/mol. The molecule has 1 aromatic rings. The summed E-state index contributed by atoms with van der Waals surface area (Å²) >= 11 is 7.54. The average Bonchev–Trinajstić information content (AvgIpc) is 2.39. The van der Waals surface area contributed by atoms with Crippen LogP contribution in [-0.4, -0.2) is 37.1 Å². The predicted molar refractivity (Wildman–Crippen MR) is 93.3 cm³/mol. The Bertz CT molecular complexity index is 609. The third kappa shape index (κ3) is 6.18. The number of hydrogen-bond acceptors (Lipinski definition) is 4. The third-order valence-corrected chi connectivity index (χ3v) is 7.17. The number of benzene rings is 1. The van der Waals surface area contributed by atoms with Crippen LogP contribution in [0.1, 0.15) is 27.2 Å². The smallest absolute Gasteiger partial charge is 0.220 e. The number of amides is 1. The topological polar surface area (TPSA) is 63.2 Å². The van der Waals surface area contributed by atoms with E-state index in [4.69, 9.17) is 11.6 Å². The SMILES string of the molecule is CC(C)(C)S(=O)(=O)CCNC(=O)CCSc1ccccc1Cl. The summed E-state index contributed by atoms with van der Waals surface area (Å²) in [5.41, 5.74) is 0. The second kappa shape index (κ2) is 8.22. The minimum Gasteiger partial charge on any atom is -0.355 e. The lowest BCUT2D eigenvalue weighted by Crippen LogP contribution is -2.36. The van der Waals surface area contributed by atoms with Crippen LogP contribution in [0.15, 0.2) is 29.2 Å². The number of sulfone groups is 1. The second-order valence-electron chi connectivity index (χ2n) is 5.81. The fourth-order valence-corrected chi connectivity index (χ4v) is 3.71. The zero-order valence-electron chi connectivity index (χ0n) is 13.1. The van der Waals surface area contributed by atoms with Crippen molar-refractivity contribution in [1.82, 2.24) is 5.32 Å². The Balaban J connectivity index is 2.29. The van der Waals surface area contributed by atoms with Gasteiger partial charge < -0.3 is 5.32 Å². The van der Waals surface area contributed by atoms with E-state index < -0.39 is 14.6 Å². The fraction of sp³-hybridized carbons (Fsp3) is 0.533. The highest BCUT2D eigenvalue weighted by atomic mass is 35.5. The highest BCUT2D eigenvalue weighted by Gasteiger charge is 2.28. The van der Waals surface area contributed by atoms with Crippen LogP contribution in [0.3, 0.4) is 0 Å². The summed E-state index contributed by atoms with van der Waals surface area (Å²) in [5.74, 6) is 0.408. The maximum Gasteiger partial charge on any atom is 0.220 e. The first-order valence-corrected chi connectivity index (χ1v) is 10.0. The summed E-state index contributed by atoms with van der Waals surface area (Å²) in [7, 11) is -3.20. The highest BCUT2D eigenvalue weighted by molar-refractivity contribution is 7.99. The lowest BCUT2D eigenvalue weighted by molar-refractivity contribution is -0.120. The lowest BCUT2D eigenvalue weighted by atomic mass is 10.3. The minimum absolute atomic E-state index is 0.0418. The molecule has 1 aromatic carbocycles. The molecule has 0 heterocycles. The van der Waals surface area contributed by atoms with Gasteiger partial charge in [0, 0.05) is 23.6 Å². The Labute approximate surface area is 141 Å². The lowest BCUT2D eigenvalue weighted by Gasteiger charge is -2.19. The molecule has 0 saturated heterocycles. The number of nitrogens with one attached hydrogen (secondary N) is 1. The quantitative estimate of drug-likeness (QED) is 0.756. The van der Waals surface area contributed by atoms with Crippen LogP contribution >= 0.6 is 23.4 Å². The van der Waals surface area contributed by atoms with Crippen molar-refractivity contribution in [1.29, 1.82) is 0 Å². The first-order valence-electron chi connectivity index (χ1n) is 7.00. The monoisotopic (exact) mass is 363 g/mol. The van der Waals surface area contributed by atoms with Gasteiger partial charge >= 0.3 is 0 Å². The Hall–Kier alpha value is -0.720. The van der Waals surface area contributed by atoms with Gasteiger partial charge in [-0.15, -0.1) is 11.8 Å². The Morgan fingerprint density at radius 1 is 1.27 bits per heavy atom. The van der Waals surface area contributed by atoms with Crippen molar-refractivity contribution < 1.29 is 13.2 Å². The van der Waals surface area contributed by atoms with E-state index in [0.717, 1.165) is 4.90 Å². The first kappa shape index (κ1) is 19.3. The van der Waals surface area contributed by atoms with Gasteiger partial charge in [0.2, 0.25) is 5.91 Å². The molecule has 0 fully saturated rings. The number of rotatable bonds is 7. The molecule has 0 spiro atoms. The molecule has 0 aliphatic carbocycles. The van der Waals surface area contributed by atoms with E-state index in [1.54, 1.807) is 26.8 Å². The van der Waals surface area contributed by atoms with Crippen LogP contribution in [0.5, 0.6) is 0 Å². The highest BCUT2D eigenvalue weighted by Crippen LogP contribution is 2.26. The number of thioether (sulfide) groups is 1. The van der Waals surface area contributed by atoms with Crippen molar-refractivity contribution in [3.8, 4) is 0 Å². The molecule has 0 radical (unpaired) electrons. The Morgan fingerprint density at radius 2 is 1.91 bits per heavy atom.